The normalized spacial score (nSPS) is 29.0. The molecule has 8 atom stereocenters. The van der Waals surface area contributed by atoms with Crippen molar-refractivity contribution in [1.29, 1.82) is 0 Å². The summed E-state index contributed by atoms with van der Waals surface area (Å²) in [7, 11) is -0.691. The average molecular weight is 441 g/mol. The molecule has 162 valence electrons. The molecule has 0 bridgehead atoms. The first-order chi connectivity index (χ1) is 12.9. The van der Waals surface area contributed by atoms with Gasteiger partial charge in [0.15, 0.2) is 5.25 Å². The molecule has 1 fully saturated rings. The minimum atomic E-state index is -1.53. The molecular weight excluding hydrogens is 412 g/mol. The summed E-state index contributed by atoms with van der Waals surface area (Å²) in [6.07, 6.45) is -7.47. The summed E-state index contributed by atoms with van der Waals surface area (Å²) in [5, 5.41) is 68.5. The Kier molecular flexibility index (Phi) is 11.2. The van der Waals surface area contributed by atoms with Gasteiger partial charge in [-0.05, 0) is 5.56 Å². The van der Waals surface area contributed by atoms with Crippen molar-refractivity contribution >= 4 is 10.9 Å². The fraction of sp³-hybridized carbons (Fsp3) is 0.667. The highest BCUT2D eigenvalue weighted by Crippen LogP contribution is 2.26. The van der Waals surface area contributed by atoms with Crippen molar-refractivity contribution in [1.82, 2.24) is 0 Å². The smallest absolute Gasteiger partial charge is 0.169 e. The molecule has 0 aromatic heterocycles. The number of aliphatic hydroxyl groups is 7. The summed E-state index contributed by atoms with van der Waals surface area (Å²) < 4.78 is 5.65. The molecule has 1 heterocycles. The Morgan fingerprint density at radius 1 is 1.04 bits per heavy atom. The second-order valence-corrected chi connectivity index (χ2v) is 9.07. The zero-order valence-electron chi connectivity index (χ0n) is 15.3. The van der Waals surface area contributed by atoms with Gasteiger partial charge in [0.25, 0.3) is 0 Å². The Balaban J connectivity index is 0.00000392. The van der Waals surface area contributed by atoms with Gasteiger partial charge in [0.05, 0.1) is 19.8 Å². The third kappa shape index (κ3) is 6.53. The Bertz CT molecular complexity index is 554. The highest BCUT2D eigenvalue weighted by atomic mass is 35.5. The van der Waals surface area contributed by atoms with Crippen molar-refractivity contribution in [2.75, 3.05) is 24.7 Å². The van der Waals surface area contributed by atoms with Gasteiger partial charge in [0.1, 0.15) is 48.1 Å². The monoisotopic (exact) mass is 440 g/mol. The molecule has 1 aliphatic rings. The van der Waals surface area contributed by atoms with Gasteiger partial charge < -0.3 is 52.9 Å². The molecule has 10 heteroatoms. The van der Waals surface area contributed by atoms with Gasteiger partial charge >= 0.3 is 0 Å². The second-order valence-electron chi connectivity index (χ2n) is 6.72. The van der Waals surface area contributed by atoms with Gasteiger partial charge in [0, 0.05) is 10.9 Å². The van der Waals surface area contributed by atoms with E-state index in [1.54, 1.807) is 0 Å². The third-order valence-corrected chi connectivity index (χ3v) is 7.56. The number of ether oxygens (including phenoxy) is 1. The van der Waals surface area contributed by atoms with Crippen LogP contribution in [0.4, 0.5) is 0 Å². The van der Waals surface area contributed by atoms with Crippen LogP contribution in [0.25, 0.3) is 0 Å². The summed E-state index contributed by atoms with van der Waals surface area (Å²) in [6, 6.07) is 9.10. The molecule has 8 nitrogen and oxygen atoms in total. The van der Waals surface area contributed by atoms with Gasteiger partial charge in [-0.15, -0.1) is 0 Å². The lowest BCUT2D eigenvalue weighted by atomic mass is 10.0. The van der Waals surface area contributed by atoms with Gasteiger partial charge in [-0.2, -0.15) is 0 Å². The first-order valence-corrected chi connectivity index (χ1v) is 10.5. The lowest BCUT2D eigenvalue weighted by Gasteiger charge is -2.29. The molecule has 1 aromatic rings. The minimum Gasteiger partial charge on any atom is -1.00 e. The van der Waals surface area contributed by atoms with Crippen LogP contribution < -0.4 is 12.4 Å². The van der Waals surface area contributed by atoms with E-state index in [9.17, 15) is 30.6 Å². The van der Waals surface area contributed by atoms with E-state index in [0.717, 1.165) is 5.56 Å². The van der Waals surface area contributed by atoms with Crippen LogP contribution in [0, 0.1) is 0 Å². The van der Waals surface area contributed by atoms with Crippen molar-refractivity contribution in [2.45, 2.75) is 48.5 Å². The lowest BCUT2D eigenvalue weighted by molar-refractivity contribution is -0.141. The van der Waals surface area contributed by atoms with Crippen LogP contribution in [0.15, 0.2) is 30.3 Å². The molecule has 0 amide bonds. The van der Waals surface area contributed by atoms with E-state index in [-0.39, 0.29) is 37.1 Å². The SMILES string of the molecule is OC[C@@H]1[C@@H](O)[C@H](O)C[S+]1C[C@@H](O)[C@H](OCc1ccccc1)[C@H](O)[C@@H](O)CO.[Cl-]. The zero-order valence-corrected chi connectivity index (χ0v) is 16.9. The van der Waals surface area contributed by atoms with Gasteiger partial charge in [-0.1, -0.05) is 30.3 Å². The van der Waals surface area contributed by atoms with E-state index < -0.39 is 59.4 Å². The maximum Gasteiger partial charge on any atom is 0.169 e. The Labute approximate surface area is 173 Å². The van der Waals surface area contributed by atoms with Crippen LogP contribution in [-0.4, -0.2) is 102 Å². The summed E-state index contributed by atoms with van der Waals surface area (Å²) in [5.74, 6) is 0.307. The van der Waals surface area contributed by atoms with Crippen molar-refractivity contribution in [3.05, 3.63) is 35.9 Å². The van der Waals surface area contributed by atoms with Crippen LogP contribution in [0.2, 0.25) is 0 Å². The predicted molar refractivity (Wildman–Crippen MR) is 100 cm³/mol. The summed E-state index contributed by atoms with van der Waals surface area (Å²) in [4.78, 5) is 0. The number of hydrogen-bond acceptors (Lipinski definition) is 8. The molecule has 28 heavy (non-hydrogen) atoms. The first-order valence-electron chi connectivity index (χ1n) is 8.82. The van der Waals surface area contributed by atoms with Gasteiger partial charge in [-0.3, -0.25) is 0 Å². The number of halogens is 1. The number of hydrogen-bond donors (Lipinski definition) is 7. The first kappa shape index (κ1) is 25.6. The molecular formula is C18H29ClO8S. The number of benzene rings is 1. The molecule has 1 aliphatic heterocycles. The molecule has 0 radical (unpaired) electrons. The molecule has 1 unspecified atom stereocenters. The summed E-state index contributed by atoms with van der Waals surface area (Å²) >= 11 is 0. The fourth-order valence-corrected chi connectivity index (χ4v) is 5.82. The second kappa shape index (κ2) is 12.3. The standard InChI is InChI=1S/C18H29O8S.ClH/c19-6-12(21)17(25)18(26-8-11-4-2-1-3-5-11)14(23)10-27-9-13(22)16(24)15(27)7-20;/h1-5,12-25H,6-10H2;1H/q+1;/p-1/t12-,13+,14+,15+,16-,17+,18-,27?;/m0./s1. The Morgan fingerprint density at radius 3 is 2.25 bits per heavy atom. The van der Waals surface area contributed by atoms with Crippen LogP contribution in [-0.2, 0) is 22.2 Å². The maximum atomic E-state index is 10.6. The van der Waals surface area contributed by atoms with Gasteiger partial charge in [0.2, 0.25) is 0 Å². The van der Waals surface area contributed by atoms with Gasteiger partial charge in [-0.25, -0.2) is 0 Å². The predicted octanol–water partition coefficient (Wildman–Crippen LogP) is -5.63. The van der Waals surface area contributed by atoms with E-state index >= 15 is 0 Å². The van der Waals surface area contributed by atoms with Crippen molar-refractivity contribution in [2.24, 2.45) is 0 Å². The quantitative estimate of drug-likeness (QED) is 0.178. The Hall–Kier alpha value is -0.460. The molecule has 0 spiro atoms. The molecule has 7 N–H and O–H groups in total. The average Bonchev–Trinajstić information content (AvgIpc) is 2.94. The molecule has 1 saturated heterocycles. The summed E-state index contributed by atoms with van der Waals surface area (Å²) in [5.41, 5.74) is 0.808. The van der Waals surface area contributed by atoms with E-state index in [2.05, 4.69) is 0 Å². The number of rotatable bonds is 10. The number of aliphatic hydroxyl groups excluding tert-OH is 7. The minimum absolute atomic E-state index is 0. The highest BCUT2D eigenvalue weighted by Gasteiger charge is 2.51. The van der Waals surface area contributed by atoms with E-state index in [0.29, 0.717) is 0 Å². The molecule has 0 aliphatic carbocycles. The van der Waals surface area contributed by atoms with Crippen LogP contribution >= 0.6 is 0 Å². The molecule has 1 aromatic carbocycles. The summed E-state index contributed by atoms with van der Waals surface area (Å²) in [6.45, 7) is -0.937. The van der Waals surface area contributed by atoms with Crippen molar-refractivity contribution < 1.29 is 52.9 Å². The largest absolute Gasteiger partial charge is 1.00 e. The van der Waals surface area contributed by atoms with E-state index in [1.807, 2.05) is 30.3 Å². The van der Waals surface area contributed by atoms with Crippen molar-refractivity contribution in [3.63, 3.8) is 0 Å². The highest BCUT2D eigenvalue weighted by molar-refractivity contribution is 7.97. The maximum absolute atomic E-state index is 10.6. The zero-order chi connectivity index (χ0) is 20.0. The Morgan fingerprint density at radius 2 is 1.68 bits per heavy atom. The fourth-order valence-electron chi connectivity index (χ4n) is 3.14. The van der Waals surface area contributed by atoms with Crippen molar-refractivity contribution in [3.8, 4) is 0 Å². The lowest BCUT2D eigenvalue weighted by Crippen LogP contribution is -3.00. The van der Waals surface area contributed by atoms with Crippen LogP contribution in [0.1, 0.15) is 5.56 Å². The third-order valence-electron chi connectivity index (χ3n) is 4.74. The van der Waals surface area contributed by atoms with Crippen LogP contribution in [0.3, 0.4) is 0 Å². The molecule has 2 rings (SSSR count). The molecule has 0 saturated carbocycles. The van der Waals surface area contributed by atoms with E-state index in [1.165, 1.54) is 0 Å². The van der Waals surface area contributed by atoms with E-state index in [4.69, 9.17) is 9.84 Å². The topological polar surface area (TPSA) is 151 Å². The van der Waals surface area contributed by atoms with Crippen LogP contribution in [0.5, 0.6) is 0 Å².